The Labute approximate surface area is 126 Å². The van der Waals surface area contributed by atoms with Gasteiger partial charge in [0.1, 0.15) is 0 Å². The molecular weight excluding hydrogens is 264 g/mol. The monoisotopic (exact) mass is 288 g/mol. The summed E-state index contributed by atoms with van der Waals surface area (Å²) in [5, 5.41) is 5.80. The van der Waals surface area contributed by atoms with Crippen LogP contribution in [0.1, 0.15) is 32.4 Å². The van der Waals surface area contributed by atoms with Crippen molar-refractivity contribution in [3.8, 4) is 0 Å². The van der Waals surface area contributed by atoms with Gasteiger partial charge in [-0.05, 0) is 37.4 Å². The van der Waals surface area contributed by atoms with Gasteiger partial charge in [0.15, 0.2) is 6.29 Å². The van der Waals surface area contributed by atoms with E-state index in [0.717, 1.165) is 11.9 Å². The molecule has 1 aromatic heterocycles. The Morgan fingerprint density at radius 3 is 2.52 bits per heavy atom. The minimum atomic E-state index is -0.293. The molecule has 0 aliphatic heterocycles. The molecule has 0 amide bonds. The third-order valence-corrected chi connectivity index (χ3v) is 3.41. The zero-order chi connectivity index (χ0) is 15.1. The highest BCUT2D eigenvalue weighted by Crippen LogP contribution is 2.27. The van der Waals surface area contributed by atoms with Crippen LogP contribution in [0.15, 0.2) is 36.7 Å². The number of hydrogen-bond donors (Lipinski definition) is 1. The molecule has 0 saturated carbocycles. The smallest absolute Gasteiger partial charge is 0.176 e. The van der Waals surface area contributed by atoms with Gasteiger partial charge in [-0.25, -0.2) is 0 Å². The van der Waals surface area contributed by atoms with Crippen LogP contribution in [-0.4, -0.2) is 31.0 Å². The number of hydrogen-bond acceptors (Lipinski definition) is 4. The topological polar surface area (TPSA) is 43.4 Å². The van der Waals surface area contributed by atoms with Crippen molar-refractivity contribution in [1.82, 2.24) is 10.3 Å². The van der Waals surface area contributed by atoms with Crippen molar-refractivity contribution >= 4 is 10.8 Å². The molecule has 2 rings (SSSR count). The van der Waals surface area contributed by atoms with Crippen molar-refractivity contribution in [2.24, 2.45) is 0 Å². The van der Waals surface area contributed by atoms with E-state index in [4.69, 9.17) is 9.47 Å². The molecule has 114 valence electrons. The van der Waals surface area contributed by atoms with Crippen LogP contribution in [-0.2, 0) is 9.47 Å². The second-order valence-electron chi connectivity index (χ2n) is 4.76. The molecule has 0 aliphatic carbocycles. The summed E-state index contributed by atoms with van der Waals surface area (Å²) in [5.41, 5.74) is 1.18. The van der Waals surface area contributed by atoms with Crippen LogP contribution in [0.3, 0.4) is 0 Å². The number of pyridine rings is 1. The molecule has 4 nitrogen and oxygen atoms in total. The number of rotatable bonds is 8. The summed E-state index contributed by atoms with van der Waals surface area (Å²) in [5.74, 6) is 0. The molecular formula is C17H24N2O2. The van der Waals surface area contributed by atoms with Crippen LogP contribution in [0.2, 0.25) is 0 Å². The third-order valence-electron chi connectivity index (χ3n) is 3.41. The summed E-state index contributed by atoms with van der Waals surface area (Å²) < 4.78 is 11.6. The Bertz CT molecular complexity index is 548. The molecule has 0 aliphatic rings. The number of nitrogens with one attached hydrogen (secondary N) is 1. The second kappa shape index (κ2) is 8.08. The molecule has 1 atom stereocenters. The highest BCUT2D eigenvalue weighted by Gasteiger charge is 2.24. The average Bonchev–Trinajstić information content (AvgIpc) is 2.52. The van der Waals surface area contributed by atoms with Gasteiger partial charge >= 0.3 is 0 Å². The number of likely N-dealkylation sites (N-methyl/N-ethyl adjacent to an activating group) is 1. The Morgan fingerprint density at radius 1 is 1.10 bits per heavy atom. The van der Waals surface area contributed by atoms with Crippen LogP contribution >= 0.6 is 0 Å². The molecule has 2 aromatic rings. The minimum Gasteiger partial charge on any atom is -0.351 e. The first kappa shape index (κ1) is 15.9. The van der Waals surface area contributed by atoms with Crippen LogP contribution in [0.4, 0.5) is 0 Å². The van der Waals surface area contributed by atoms with E-state index in [2.05, 4.69) is 35.4 Å². The van der Waals surface area contributed by atoms with Gasteiger partial charge in [-0.1, -0.05) is 25.1 Å². The van der Waals surface area contributed by atoms with Crippen LogP contribution in [0.25, 0.3) is 10.8 Å². The fourth-order valence-electron chi connectivity index (χ4n) is 2.56. The highest BCUT2D eigenvalue weighted by molar-refractivity contribution is 5.85. The van der Waals surface area contributed by atoms with E-state index >= 15 is 0 Å². The second-order valence-corrected chi connectivity index (χ2v) is 4.76. The first-order valence-electron chi connectivity index (χ1n) is 7.61. The largest absolute Gasteiger partial charge is 0.351 e. The zero-order valence-corrected chi connectivity index (χ0v) is 13.0. The molecule has 0 saturated heterocycles. The summed E-state index contributed by atoms with van der Waals surface area (Å²) in [4.78, 5) is 4.19. The molecule has 0 fully saturated rings. The van der Waals surface area contributed by atoms with Crippen molar-refractivity contribution in [3.05, 3.63) is 42.2 Å². The molecule has 1 unspecified atom stereocenters. The van der Waals surface area contributed by atoms with Gasteiger partial charge in [-0.2, -0.15) is 0 Å². The quantitative estimate of drug-likeness (QED) is 0.757. The van der Waals surface area contributed by atoms with Gasteiger partial charge in [-0.3, -0.25) is 4.98 Å². The summed E-state index contributed by atoms with van der Waals surface area (Å²) in [7, 11) is 0. The third kappa shape index (κ3) is 3.79. The first-order chi connectivity index (χ1) is 10.3. The fraction of sp³-hybridized carbons (Fsp3) is 0.471. The van der Waals surface area contributed by atoms with Gasteiger partial charge in [0.2, 0.25) is 0 Å². The van der Waals surface area contributed by atoms with E-state index in [-0.39, 0.29) is 12.3 Å². The van der Waals surface area contributed by atoms with Gasteiger partial charge < -0.3 is 14.8 Å². The summed E-state index contributed by atoms with van der Waals surface area (Å²) in [6, 6.07) is 8.30. The van der Waals surface area contributed by atoms with E-state index in [1.807, 2.05) is 32.3 Å². The number of aromatic nitrogens is 1. The van der Waals surface area contributed by atoms with Gasteiger partial charge in [0, 0.05) is 31.0 Å². The molecule has 1 heterocycles. The molecule has 1 N–H and O–H groups in total. The van der Waals surface area contributed by atoms with Crippen LogP contribution in [0.5, 0.6) is 0 Å². The lowest BCUT2D eigenvalue weighted by Gasteiger charge is -2.28. The number of ether oxygens (including phenoxy) is 2. The van der Waals surface area contributed by atoms with E-state index in [1.54, 1.807) is 0 Å². The number of nitrogens with zero attached hydrogens (tertiary/aromatic N) is 1. The molecule has 0 radical (unpaired) electrons. The predicted octanol–water partition coefficient (Wildman–Crippen LogP) is 3.28. The Balaban J connectivity index is 2.43. The van der Waals surface area contributed by atoms with Crippen molar-refractivity contribution in [1.29, 1.82) is 0 Å². The first-order valence-corrected chi connectivity index (χ1v) is 7.61. The number of fused-ring (bicyclic) bond motifs is 1. The standard InChI is InChI=1S/C17H24N2O2/c1-4-19-16(17(20-5-2)21-6-3)15-9-7-8-13-12-18-11-10-14(13)15/h7-12,16-17,19H,4-6H2,1-3H3. The summed E-state index contributed by atoms with van der Waals surface area (Å²) in [6.07, 6.45) is 3.42. The maximum Gasteiger partial charge on any atom is 0.176 e. The molecule has 4 heteroatoms. The predicted molar refractivity (Wildman–Crippen MR) is 85.2 cm³/mol. The molecule has 1 aromatic carbocycles. The normalized spacial score (nSPS) is 13.0. The lowest BCUT2D eigenvalue weighted by atomic mass is 9.99. The van der Waals surface area contributed by atoms with Gasteiger partial charge in [0.05, 0.1) is 6.04 Å². The summed E-state index contributed by atoms with van der Waals surface area (Å²) in [6.45, 7) is 8.17. The zero-order valence-electron chi connectivity index (χ0n) is 13.0. The Kier molecular flexibility index (Phi) is 6.11. The van der Waals surface area contributed by atoms with Gasteiger partial charge in [-0.15, -0.1) is 0 Å². The highest BCUT2D eigenvalue weighted by atomic mass is 16.7. The van der Waals surface area contributed by atoms with E-state index < -0.39 is 0 Å². The maximum absolute atomic E-state index is 5.80. The van der Waals surface area contributed by atoms with E-state index in [1.165, 1.54) is 10.9 Å². The number of benzene rings is 1. The average molecular weight is 288 g/mol. The Hall–Kier alpha value is -1.49. The van der Waals surface area contributed by atoms with Crippen LogP contribution in [0, 0.1) is 0 Å². The van der Waals surface area contributed by atoms with Crippen molar-refractivity contribution in [3.63, 3.8) is 0 Å². The maximum atomic E-state index is 5.80. The lowest BCUT2D eigenvalue weighted by Crippen LogP contribution is -2.36. The van der Waals surface area contributed by atoms with Gasteiger partial charge in [0.25, 0.3) is 0 Å². The van der Waals surface area contributed by atoms with Crippen LogP contribution < -0.4 is 5.32 Å². The van der Waals surface area contributed by atoms with E-state index in [9.17, 15) is 0 Å². The van der Waals surface area contributed by atoms with E-state index in [0.29, 0.717) is 13.2 Å². The molecule has 0 spiro atoms. The minimum absolute atomic E-state index is 0.000926. The molecule has 21 heavy (non-hydrogen) atoms. The Morgan fingerprint density at radius 2 is 1.86 bits per heavy atom. The van der Waals surface area contributed by atoms with Crippen molar-refractivity contribution in [2.45, 2.75) is 33.1 Å². The van der Waals surface area contributed by atoms with Crippen molar-refractivity contribution < 1.29 is 9.47 Å². The lowest BCUT2D eigenvalue weighted by molar-refractivity contribution is -0.154. The summed E-state index contributed by atoms with van der Waals surface area (Å²) >= 11 is 0. The van der Waals surface area contributed by atoms with Crippen molar-refractivity contribution in [2.75, 3.05) is 19.8 Å². The fourth-order valence-corrected chi connectivity index (χ4v) is 2.56. The SMILES string of the molecule is CCNC(c1cccc2cnccc12)C(OCC)OCC. The molecule has 0 bridgehead atoms.